The molecule has 8 heavy (non-hydrogen) atoms. The number of nitrogens with zero attached hydrogens (tertiary/aromatic N) is 1. The summed E-state index contributed by atoms with van der Waals surface area (Å²) in [6.07, 6.45) is 1.78. The second-order valence-corrected chi connectivity index (χ2v) is 1.66. The number of carbonyl (C=O) groups is 1. The van der Waals surface area contributed by atoms with Crippen LogP contribution in [-0.2, 0) is 4.74 Å². The van der Waals surface area contributed by atoms with Crippen molar-refractivity contribution in [1.82, 2.24) is 4.90 Å². The van der Waals surface area contributed by atoms with Gasteiger partial charge < -0.3 is 9.64 Å². The van der Waals surface area contributed by atoms with Crippen molar-refractivity contribution in [2.75, 3.05) is 20.2 Å². The first-order chi connectivity index (χ1) is 3.84. The summed E-state index contributed by atoms with van der Waals surface area (Å²) in [5.41, 5.74) is 0. The zero-order valence-corrected chi connectivity index (χ0v) is 4.76. The first kappa shape index (κ1) is 5.41. The monoisotopic (exact) mass is 114 g/mol. The minimum Gasteiger partial charge on any atom is -0.453 e. The van der Waals surface area contributed by atoms with Gasteiger partial charge in [-0.15, -0.1) is 0 Å². The lowest BCUT2D eigenvalue weighted by Gasteiger charge is -2.28. The Balaban J connectivity index is 2.24. The number of methoxy groups -OCH3 is 1. The van der Waals surface area contributed by atoms with Crippen LogP contribution < -0.4 is 0 Å². The highest BCUT2D eigenvalue weighted by Gasteiger charge is 2.19. The third-order valence-corrected chi connectivity index (χ3v) is 1.13. The second-order valence-electron chi connectivity index (χ2n) is 1.66. The van der Waals surface area contributed by atoms with Crippen LogP contribution >= 0.6 is 0 Å². The number of hydrogen-bond donors (Lipinski definition) is 0. The first-order valence-electron chi connectivity index (χ1n) is 2.49. The summed E-state index contributed by atoms with van der Waals surface area (Å²) in [4.78, 5) is 12.1. The maximum atomic E-state index is 10.5. The van der Waals surface area contributed by atoms with Crippen molar-refractivity contribution in [2.45, 2.75) is 0 Å². The molecule has 1 rings (SSSR count). The van der Waals surface area contributed by atoms with Crippen molar-refractivity contribution in [3.63, 3.8) is 0 Å². The Morgan fingerprint density at radius 2 is 2.38 bits per heavy atom. The molecule has 0 aliphatic carbocycles. The number of hydrogen-bond acceptors (Lipinski definition) is 2. The Morgan fingerprint density at radius 3 is 2.50 bits per heavy atom. The first-order valence-corrected chi connectivity index (χ1v) is 2.49. The zero-order valence-electron chi connectivity index (χ0n) is 4.76. The molecule has 0 unspecified atom stereocenters. The Morgan fingerprint density at radius 1 is 1.75 bits per heavy atom. The molecule has 1 fully saturated rings. The Labute approximate surface area is 48.2 Å². The van der Waals surface area contributed by atoms with E-state index in [1.807, 2.05) is 6.42 Å². The maximum Gasteiger partial charge on any atom is 0.409 e. The van der Waals surface area contributed by atoms with Gasteiger partial charge in [-0.3, -0.25) is 0 Å². The summed E-state index contributed by atoms with van der Waals surface area (Å²) >= 11 is 0. The van der Waals surface area contributed by atoms with E-state index in [1.165, 1.54) is 7.11 Å². The molecule has 1 radical (unpaired) electrons. The summed E-state index contributed by atoms with van der Waals surface area (Å²) in [5, 5.41) is 0. The average molecular weight is 114 g/mol. The van der Waals surface area contributed by atoms with E-state index >= 15 is 0 Å². The summed E-state index contributed by atoms with van der Waals surface area (Å²) in [7, 11) is 1.39. The van der Waals surface area contributed by atoms with Crippen LogP contribution in [0.5, 0.6) is 0 Å². The fourth-order valence-corrected chi connectivity index (χ4v) is 0.536. The third kappa shape index (κ3) is 0.757. The predicted octanol–water partition coefficient (Wildman–Crippen LogP) is 0.273. The fourth-order valence-electron chi connectivity index (χ4n) is 0.536. The quantitative estimate of drug-likeness (QED) is 0.452. The highest BCUT2D eigenvalue weighted by Crippen LogP contribution is 2.04. The van der Waals surface area contributed by atoms with Gasteiger partial charge in [-0.05, 0) is 0 Å². The molecule has 1 amide bonds. The van der Waals surface area contributed by atoms with Crippen LogP contribution in [0, 0.1) is 6.42 Å². The van der Waals surface area contributed by atoms with Crippen LogP contribution in [0.4, 0.5) is 4.79 Å². The minimum atomic E-state index is -0.229. The molecule has 45 valence electrons. The van der Waals surface area contributed by atoms with E-state index in [2.05, 4.69) is 4.74 Å². The zero-order chi connectivity index (χ0) is 5.98. The lowest BCUT2D eigenvalue weighted by molar-refractivity contribution is 0.115. The van der Waals surface area contributed by atoms with Gasteiger partial charge in [0.15, 0.2) is 0 Å². The summed E-state index contributed by atoms with van der Waals surface area (Å²) < 4.78 is 4.42. The smallest absolute Gasteiger partial charge is 0.409 e. The molecule has 1 heterocycles. The van der Waals surface area contributed by atoms with Gasteiger partial charge in [-0.2, -0.15) is 0 Å². The van der Waals surface area contributed by atoms with Crippen LogP contribution in [-0.4, -0.2) is 31.2 Å². The third-order valence-electron chi connectivity index (χ3n) is 1.13. The fraction of sp³-hybridized carbons (Fsp3) is 0.600. The van der Waals surface area contributed by atoms with Gasteiger partial charge in [0.05, 0.1) is 7.11 Å². The molecule has 0 aromatic carbocycles. The van der Waals surface area contributed by atoms with Crippen LogP contribution in [0.2, 0.25) is 0 Å². The van der Waals surface area contributed by atoms with Crippen molar-refractivity contribution in [3.8, 4) is 0 Å². The number of amides is 1. The normalized spacial score (nSPS) is 17.4. The molecule has 3 heteroatoms. The van der Waals surface area contributed by atoms with Crippen molar-refractivity contribution in [3.05, 3.63) is 6.42 Å². The van der Waals surface area contributed by atoms with E-state index in [4.69, 9.17) is 0 Å². The minimum absolute atomic E-state index is 0.229. The standard InChI is InChI=1S/C5H8NO2/c1-8-5(7)6-3-2-4-6/h2H,3-4H2,1H3. The molecule has 1 aliphatic rings. The number of likely N-dealkylation sites (tertiary alicyclic amines) is 1. The molecular weight excluding hydrogens is 106 g/mol. The van der Waals surface area contributed by atoms with Crippen molar-refractivity contribution >= 4 is 6.09 Å². The molecule has 1 saturated heterocycles. The number of carbonyl (C=O) groups excluding carboxylic acids is 1. The van der Waals surface area contributed by atoms with Crippen molar-refractivity contribution < 1.29 is 9.53 Å². The van der Waals surface area contributed by atoms with Gasteiger partial charge in [-0.25, -0.2) is 4.79 Å². The molecule has 0 N–H and O–H groups in total. The molecule has 1 aliphatic heterocycles. The Bertz CT molecular complexity index is 98.6. The van der Waals surface area contributed by atoms with Crippen molar-refractivity contribution in [2.24, 2.45) is 0 Å². The van der Waals surface area contributed by atoms with E-state index in [0.717, 1.165) is 13.1 Å². The second kappa shape index (κ2) is 2.03. The van der Waals surface area contributed by atoms with Crippen molar-refractivity contribution in [1.29, 1.82) is 0 Å². The molecule has 0 spiro atoms. The number of rotatable bonds is 0. The SMILES string of the molecule is COC(=O)N1C[CH]C1. The molecule has 0 bridgehead atoms. The van der Waals surface area contributed by atoms with E-state index in [-0.39, 0.29) is 6.09 Å². The molecule has 0 aromatic heterocycles. The summed E-state index contributed by atoms with van der Waals surface area (Å²) in [6.45, 7) is 1.49. The van der Waals surface area contributed by atoms with Gasteiger partial charge in [0.2, 0.25) is 0 Å². The van der Waals surface area contributed by atoms with E-state index in [1.54, 1.807) is 4.90 Å². The summed E-state index contributed by atoms with van der Waals surface area (Å²) in [6, 6.07) is 0. The summed E-state index contributed by atoms with van der Waals surface area (Å²) in [5.74, 6) is 0. The van der Waals surface area contributed by atoms with Gasteiger partial charge in [0, 0.05) is 19.5 Å². The predicted molar refractivity (Wildman–Crippen MR) is 28.3 cm³/mol. The topological polar surface area (TPSA) is 29.5 Å². The van der Waals surface area contributed by atoms with Gasteiger partial charge >= 0.3 is 6.09 Å². The maximum absolute atomic E-state index is 10.5. The van der Waals surface area contributed by atoms with Gasteiger partial charge in [-0.1, -0.05) is 0 Å². The molecular formula is C5H8NO2. The molecule has 0 aromatic rings. The molecule has 0 saturated carbocycles. The Kier molecular flexibility index (Phi) is 1.37. The van der Waals surface area contributed by atoms with E-state index in [0.29, 0.717) is 0 Å². The highest BCUT2D eigenvalue weighted by molar-refractivity contribution is 5.68. The van der Waals surface area contributed by atoms with E-state index < -0.39 is 0 Å². The average Bonchev–Trinajstić information content (AvgIpc) is 1.62. The lowest BCUT2D eigenvalue weighted by atomic mass is 10.2. The largest absolute Gasteiger partial charge is 0.453 e. The van der Waals surface area contributed by atoms with Crippen LogP contribution in [0.15, 0.2) is 0 Å². The van der Waals surface area contributed by atoms with Crippen LogP contribution in [0.1, 0.15) is 0 Å². The van der Waals surface area contributed by atoms with Gasteiger partial charge in [0.1, 0.15) is 0 Å². The van der Waals surface area contributed by atoms with Gasteiger partial charge in [0.25, 0.3) is 0 Å². The van der Waals surface area contributed by atoms with E-state index in [9.17, 15) is 4.79 Å². The number of ether oxygens (including phenoxy) is 1. The molecule has 0 atom stereocenters. The van der Waals surface area contributed by atoms with Crippen LogP contribution in [0.25, 0.3) is 0 Å². The highest BCUT2D eigenvalue weighted by atomic mass is 16.5. The Hall–Kier alpha value is -0.730. The lowest BCUT2D eigenvalue weighted by Crippen LogP contribution is -2.42. The van der Waals surface area contributed by atoms with Crippen LogP contribution in [0.3, 0.4) is 0 Å². The molecule has 3 nitrogen and oxygen atoms in total.